The molecule has 0 aromatic heterocycles. The molecule has 1 amide bonds. The van der Waals surface area contributed by atoms with Crippen LogP contribution in [0.3, 0.4) is 0 Å². The Morgan fingerprint density at radius 3 is 2.26 bits per heavy atom. The minimum absolute atomic E-state index is 0. The fourth-order valence-electron chi connectivity index (χ4n) is 2.59. The zero-order valence-electron chi connectivity index (χ0n) is 13.4. The first kappa shape index (κ1) is 22.1. The van der Waals surface area contributed by atoms with Crippen LogP contribution in [0.15, 0.2) is 30.3 Å². The number of benzene rings is 1. The average Bonchev–Trinajstić information content (AvgIpc) is 2.55. The number of β-amino-alcohol motifs (C(OH)–C–C–N with tert-alkyl or cyclic N) is 1. The SMILES string of the molecule is CC(CN)C(=O)N1CCN(CC(O)c2ccccc2)CC1.Cl.Cl. The highest BCUT2D eigenvalue weighted by molar-refractivity contribution is 5.85. The molecule has 1 aromatic carbocycles. The van der Waals surface area contributed by atoms with Crippen molar-refractivity contribution in [1.82, 2.24) is 9.80 Å². The summed E-state index contributed by atoms with van der Waals surface area (Å²) in [6.45, 7) is 5.90. The third-order valence-electron chi connectivity index (χ3n) is 4.07. The van der Waals surface area contributed by atoms with Crippen LogP contribution >= 0.6 is 24.8 Å². The lowest BCUT2D eigenvalue weighted by atomic mass is 10.1. The van der Waals surface area contributed by atoms with Crippen molar-refractivity contribution in [3.05, 3.63) is 35.9 Å². The van der Waals surface area contributed by atoms with Gasteiger partial charge in [-0.25, -0.2) is 0 Å². The Morgan fingerprint density at radius 2 is 1.74 bits per heavy atom. The van der Waals surface area contributed by atoms with Crippen molar-refractivity contribution in [1.29, 1.82) is 0 Å². The van der Waals surface area contributed by atoms with Crippen molar-refractivity contribution in [3.63, 3.8) is 0 Å². The van der Waals surface area contributed by atoms with Crippen LogP contribution in [0.5, 0.6) is 0 Å². The molecule has 2 atom stereocenters. The van der Waals surface area contributed by atoms with Gasteiger partial charge in [0.25, 0.3) is 0 Å². The summed E-state index contributed by atoms with van der Waals surface area (Å²) >= 11 is 0. The van der Waals surface area contributed by atoms with E-state index in [4.69, 9.17) is 5.73 Å². The summed E-state index contributed by atoms with van der Waals surface area (Å²) in [6.07, 6.45) is -0.476. The molecule has 1 fully saturated rings. The van der Waals surface area contributed by atoms with Crippen LogP contribution in [-0.4, -0.2) is 60.1 Å². The highest BCUT2D eigenvalue weighted by Crippen LogP contribution is 2.15. The van der Waals surface area contributed by atoms with Gasteiger partial charge < -0.3 is 15.7 Å². The number of hydrogen-bond acceptors (Lipinski definition) is 4. The molecule has 0 spiro atoms. The van der Waals surface area contributed by atoms with Crippen LogP contribution in [0.1, 0.15) is 18.6 Å². The second-order valence-corrected chi connectivity index (χ2v) is 5.69. The highest BCUT2D eigenvalue weighted by Gasteiger charge is 2.25. The smallest absolute Gasteiger partial charge is 0.226 e. The van der Waals surface area contributed by atoms with Crippen molar-refractivity contribution < 1.29 is 9.90 Å². The molecule has 0 radical (unpaired) electrons. The van der Waals surface area contributed by atoms with Gasteiger partial charge in [0.1, 0.15) is 0 Å². The number of aliphatic hydroxyl groups excluding tert-OH is 1. The molecule has 2 unspecified atom stereocenters. The average molecular weight is 364 g/mol. The molecule has 1 saturated heterocycles. The number of hydrogen-bond donors (Lipinski definition) is 2. The van der Waals surface area contributed by atoms with Crippen LogP contribution in [0.2, 0.25) is 0 Å². The molecule has 23 heavy (non-hydrogen) atoms. The lowest BCUT2D eigenvalue weighted by molar-refractivity contribution is -0.136. The Hall–Kier alpha value is -0.850. The molecule has 0 aliphatic carbocycles. The molecule has 1 aliphatic heterocycles. The van der Waals surface area contributed by atoms with Gasteiger partial charge in [0.15, 0.2) is 0 Å². The normalized spacial score (nSPS) is 17.6. The van der Waals surface area contributed by atoms with Gasteiger partial charge in [0.2, 0.25) is 5.91 Å². The molecular weight excluding hydrogens is 337 g/mol. The van der Waals surface area contributed by atoms with Crippen molar-refractivity contribution in [2.75, 3.05) is 39.3 Å². The first-order valence-electron chi connectivity index (χ1n) is 7.56. The summed E-state index contributed by atoms with van der Waals surface area (Å²) in [5, 5.41) is 10.2. The van der Waals surface area contributed by atoms with Gasteiger partial charge in [-0.1, -0.05) is 37.3 Å². The predicted molar refractivity (Wildman–Crippen MR) is 97.1 cm³/mol. The van der Waals surface area contributed by atoms with Gasteiger partial charge in [-0.15, -0.1) is 24.8 Å². The number of carbonyl (C=O) groups excluding carboxylic acids is 1. The van der Waals surface area contributed by atoms with Crippen molar-refractivity contribution >= 4 is 30.7 Å². The molecule has 3 N–H and O–H groups in total. The van der Waals surface area contributed by atoms with Crippen LogP contribution < -0.4 is 5.73 Å². The number of amides is 1. The number of aliphatic hydroxyl groups is 1. The Morgan fingerprint density at radius 1 is 1.17 bits per heavy atom. The second kappa shape index (κ2) is 10.8. The van der Waals surface area contributed by atoms with E-state index < -0.39 is 6.10 Å². The summed E-state index contributed by atoms with van der Waals surface area (Å²) in [6, 6.07) is 9.69. The van der Waals surface area contributed by atoms with Crippen LogP contribution in [0.4, 0.5) is 0 Å². The summed E-state index contributed by atoms with van der Waals surface area (Å²) in [5.41, 5.74) is 6.48. The lowest BCUT2D eigenvalue weighted by Gasteiger charge is -2.36. The second-order valence-electron chi connectivity index (χ2n) is 5.69. The molecule has 0 bridgehead atoms. The van der Waals surface area contributed by atoms with E-state index in [2.05, 4.69) is 4.90 Å². The number of piperazine rings is 1. The number of carbonyl (C=O) groups is 1. The first-order valence-corrected chi connectivity index (χ1v) is 7.56. The Labute approximate surface area is 150 Å². The zero-order valence-corrected chi connectivity index (χ0v) is 15.1. The van der Waals surface area contributed by atoms with Gasteiger partial charge in [0.05, 0.1) is 6.10 Å². The van der Waals surface area contributed by atoms with Crippen LogP contribution in [0, 0.1) is 5.92 Å². The number of nitrogens with zero attached hydrogens (tertiary/aromatic N) is 2. The largest absolute Gasteiger partial charge is 0.387 e. The van der Waals surface area contributed by atoms with Gasteiger partial charge in [-0.2, -0.15) is 0 Å². The molecule has 5 nitrogen and oxygen atoms in total. The quantitative estimate of drug-likeness (QED) is 0.827. The number of rotatable bonds is 5. The molecule has 7 heteroatoms. The maximum atomic E-state index is 12.1. The topological polar surface area (TPSA) is 69.8 Å². The summed E-state index contributed by atoms with van der Waals surface area (Å²) < 4.78 is 0. The number of halogens is 2. The molecule has 1 aliphatic rings. The predicted octanol–water partition coefficient (Wildman–Crippen LogP) is 1.30. The highest BCUT2D eigenvalue weighted by atomic mass is 35.5. The fourth-order valence-corrected chi connectivity index (χ4v) is 2.59. The lowest BCUT2D eigenvalue weighted by Crippen LogP contribution is -2.51. The molecule has 2 rings (SSSR count). The summed E-state index contributed by atoms with van der Waals surface area (Å²) in [5.74, 6) is 0.0345. The van der Waals surface area contributed by atoms with E-state index in [1.54, 1.807) is 0 Å². The fraction of sp³-hybridized carbons (Fsp3) is 0.562. The van der Waals surface area contributed by atoms with E-state index in [-0.39, 0.29) is 36.6 Å². The third kappa shape index (κ3) is 6.28. The first-order chi connectivity index (χ1) is 10.1. The maximum absolute atomic E-state index is 12.1. The standard InChI is InChI=1S/C16H25N3O2.2ClH/c1-13(11-17)16(21)19-9-7-18(8-10-19)12-15(20)14-5-3-2-4-6-14;;/h2-6,13,15,20H,7-12,17H2,1H3;2*1H. The monoisotopic (exact) mass is 363 g/mol. The van der Waals surface area contributed by atoms with Crippen LogP contribution in [0.25, 0.3) is 0 Å². The van der Waals surface area contributed by atoms with Crippen LogP contribution in [-0.2, 0) is 4.79 Å². The van der Waals surface area contributed by atoms with Gasteiger partial charge in [-0.3, -0.25) is 9.69 Å². The van der Waals surface area contributed by atoms with E-state index in [0.717, 1.165) is 18.7 Å². The Kier molecular flexibility index (Phi) is 10.4. The summed E-state index contributed by atoms with van der Waals surface area (Å²) in [7, 11) is 0. The van der Waals surface area contributed by atoms with Gasteiger partial charge in [-0.05, 0) is 5.56 Å². The van der Waals surface area contributed by atoms with E-state index in [1.165, 1.54) is 0 Å². The molecule has 1 aromatic rings. The van der Waals surface area contributed by atoms with E-state index in [1.807, 2.05) is 42.2 Å². The Bertz CT molecular complexity index is 454. The number of nitrogens with two attached hydrogens (primary N) is 1. The van der Waals surface area contributed by atoms with E-state index in [0.29, 0.717) is 26.2 Å². The van der Waals surface area contributed by atoms with Crippen molar-refractivity contribution in [3.8, 4) is 0 Å². The van der Waals surface area contributed by atoms with Crippen molar-refractivity contribution in [2.24, 2.45) is 11.7 Å². The minimum Gasteiger partial charge on any atom is -0.387 e. The van der Waals surface area contributed by atoms with Crippen molar-refractivity contribution in [2.45, 2.75) is 13.0 Å². The molecular formula is C16H27Cl2N3O2. The summed E-state index contributed by atoms with van der Waals surface area (Å²) in [4.78, 5) is 16.1. The van der Waals surface area contributed by atoms with E-state index in [9.17, 15) is 9.90 Å². The maximum Gasteiger partial charge on any atom is 0.226 e. The molecule has 132 valence electrons. The Balaban J connectivity index is 0.00000242. The minimum atomic E-state index is -0.476. The molecule has 1 heterocycles. The van der Waals surface area contributed by atoms with E-state index >= 15 is 0 Å². The van der Waals surface area contributed by atoms with Gasteiger partial charge >= 0.3 is 0 Å². The molecule has 0 saturated carbocycles. The van der Waals surface area contributed by atoms with Gasteiger partial charge in [0, 0.05) is 45.2 Å². The third-order valence-corrected chi connectivity index (χ3v) is 4.07. The zero-order chi connectivity index (χ0) is 15.2.